The predicted octanol–water partition coefficient (Wildman–Crippen LogP) is 5.35. The molecule has 214 valence electrons. The van der Waals surface area contributed by atoms with Crippen LogP contribution in [-0.2, 0) is 14.8 Å². The van der Waals surface area contributed by atoms with E-state index in [2.05, 4.69) is 5.32 Å². The molecule has 4 aromatic carbocycles. The van der Waals surface area contributed by atoms with Gasteiger partial charge in [0.1, 0.15) is 23.8 Å². The van der Waals surface area contributed by atoms with Gasteiger partial charge in [-0.2, -0.15) is 0 Å². The van der Waals surface area contributed by atoms with Crippen LogP contribution in [0.25, 0.3) is 0 Å². The molecule has 0 aliphatic carbocycles. The van der Waals surface area contributed by atoms with Gasteiger partial charge in [-0.3, -0.25) is 9.10 Å². The number of carbonyl (C=O) groups is 1. The van der Waals surface area contributed by atoms with Crippen LogP contribution in [0, 0.1) is 0 Å². The van der Waals surface area contributed by atoms with Gasteiger partial charge in [0, 0.05) is 12.1 Å². The highest BCUT2D eigenvalue weighted by Crippen LogP contribution is 2.38. The van der Waals surface area contributed by atoms with Gasteiger partial charge in [-0.15, -0.1) is 0 Å². The van der Waals surface area contributed by atoms with Crippen LogP contribution in [0.3, 0.4) is 0 Å². The van der Waals surface area contributed by atoms with Gasteiger partial charge in [-0.1, -0.05) is 30.3 Å². The van der Waals surface area contributed by atoms with Crippen LogP contribution >= 0.6 is 0 Å². The first-order valence-corrected chi connectivity index (χ1v) is 13.8. The zero-order chi connectivity index (χ0) is 29.4. The third-order valence-electron chi connectivity index (χ3n) is 6.02. The fourth-order valence-electron chi connectivity index (χ4n) is 3.99. The number of nitrogens with zero attached hydrogens (tertiary/aromatic N) is 1. The molecule has 0 aromatic heterocycles. The molecule has 0 fully saturated rings. The number of hydrogen-bond acceptors (Lipinski definition) is 8. The Balaban J connectivity index is 1.73. The van der Waals surface area contributed by atoms with Gasteiger partial charge >= 0.3 is 0 Å². The van der Waals surface area contributed by atoms with Crippen LogP contribution in [0.1, 0.15) is 0 Å². The van der Waals surface area contributed by atoms with Crippen LogP contribution in [0.4, 0.5) is 11.4 Å². The number of ether oxygens (including phenoxy) is 5. The minimum Gasteiger partial charge on any atom is -0.497 e. The molecule has 0 saturated carbocycles. The average molecular weight is 579 g/mol. The Kier molecular flexibility index (Phi) is 9.20. The van der Waals surface area contributed by atoms with Crippen molar-refractivity contribution < 1.29 is 36.9 Å². The van der Waals surface area contributed by atoms with Crippen molar-refractivity contribution in [2.24, 2.45) is 0 Å². The molecule has 0 radical (unpaired) electrons. The molecule has 0 spiro atoms. The van der Waals surface area contributed by atoms with E-state index >= 15 is 0 Å². The molecule has 1 N–H and O–H groups in total. The second-order valence-corrected chi connectivity index (χ2v) is 10.4. The summed E-state index contributed by atoms with van der Waals surface area (Å²) in [4.78, 5) is 13.3. The molecular formula is C30H30N2O8S. The molecular weight excluding hydrogens is 548 g/mol. The molecule has 4 aromatic rings. The van der Waals surface area contributed by atoms with E-state index in [0.29, 0.717) is 28.7 Å². The highest BCUT2D eigenvalue weighted by atomic mass is 32.2. The number of rotatable bonds is 12. The summed E-state index contributed by atoms with van der Waals surface area (Å²) in [5, 5.41) is 2.77. The smallest absolute Gasteiger partial charge is 0.265 e. The van der Waals surface area contributed by atoms with Gasteiger partial charge in [0.05, 0.1) is 44.7 Å². The molecule has 10 nitrogen and oxygen atoms in total. The number of nitrogens with one attached hydrogen (secondary N) is 1. The number of anilines is 2. The van der Waals surface area contributed by atoms with Crippen molar-refractivity contribution in [2.45, 2.75) is 4.90 Å². The third kappa shape index (κ3) is 6.64. The quantitative estimate of drug-likeness (QED) is 0.240. The van der Waals surface area contributed by atoms with Crippen molar-refractivity contribution in [1.82, 2.24) is 0 Å². The molecule has 0 aliphatic rings. The van der Waals surface area contributed by atoms with E-state index in [4.69, 9.17) is 23.7 Å². The SMILES string of the molecule is COc1ccc(OC)c(N(CC(=O)Nc2ccccc2Oc2ccccc2)S(=O)(=O)c2ccc(OC)c(OC)c2)c1. The maximum absolute atomic E-state index is 14.1. The summed E-state index contributed by atoms with van der Waals surface area (Å²) in [5.41, 5.74) is 0.466. The molecule has 0 saturated heterocycles. The van der Waals surface area contributed by atoms with Gasteiger partial charge in [0.15, 0.2) is 17.2 Å². The molecule has 0 unspecified atom stereocenters. The maximum Gasteiger partial charge on any atom is 0.265 e. The Hall–Kier alpha value is -4.90. The second kappa shape index (κ2) is 13.0. The maximum atomic E-state index is 14.1. The number of sulfonamides is 1. The van der Waals surface area contributed by atoms with Crippen molar-refractivity contribution in [2.75, 3.05) is 44.6 Å². The zero-order valence-corrected chi connectivity index (χ0v) is 23.8. The van der Waals surface area contributed by atoms with Crippen LogP contribution in [0.5, 0.6) is 34.5 Å². The molecule has 0 bridgehead atoms. The van der Waals surface area contributed by atoms with Gasteiger partial charge < -0.3 is 29.0 Å². The normalized spacial score (nSPS) is 10.8. The van der Waals surface area contributed by atoms with Crippen molar-refractivity contribution in [3.05, 3.63) is 91.0 Å². The molecule has 4 rings (SSSR count). The van der Waals surface area contributed by atoms with E-state index < -0.39 is 22.5 Å². The molecule has 0 atom stereocenters. The van der Waals surface area contributed by atoms with E-state index in [1.807, 2.05) is 18.2 Å². The summed E-state index contributed by atoms with van der Waals surface area (Å²) in [5.74, 6) is 1.49. The van der Waals surface area contributed by atoms with E-state index in [1.54, 1.807) is 48.5 Å². The molecule has 41 heavy (non-hydrogen) atoms. The van der Waals surface area contributed by atoms with Crippen molar-refractivity contribution in [3.63, 3.8) is 0 Å². The monoisotopic (exact) mass is 578 g/mol. The molecule has 1 amide bonds. The van der Waals surface area contributed by atoms with Gasteiger partial charge in [-0.05, 0) is 48.5 Å². The van der Waals surface area contributed by atoms with Gasteiger partial charge in [-0.25, -0.2) is 8.42 Å². The molecule has 0 heterocycles. The Morgan fingerprint density at radius 1 is 0.683 bits per heavy atom. The minimum atomic E-state index is -4.35. The lowest BCUT2D eigenvalue weighted by atomic mass is 10.2. The van der Waals surface area contributed by atoms with Crippen molar-refractivity contribution in [1.29, 1.82) is 0 Å². The third-order valence-corrected chi connectivity index (χ3v) is 7.77. The summed E-state index contributed by atoms with van der Waals surface area (Å²) >= 11 is 0. The van der Waals surface area contributed by atoms with E-state index in [0.717, 1.165) is 4.31 Å². The number of methoxy groups -OCH3 is 4. The Labute approximate surface area is 239 Å². The van der Waals surface area contributed by atoms with Crippen LogP contribution in [0.2, 0.25) is 0 Å². The highest BCUT2D eigenvalue weighted by Gasteiger charge is 2.31. The number of benzene rings is 4. The standard InChI is InChI=1S/C30H30N2O8S/c1-36-22-14-16-27(37-2)25(18-22)32(41(34,35)23-15-17-28(38-3)29(19-23)39-4)20-30(33)31-24-12-8-9-13-26(24)40-21-10-6-5-7-11-21/h5-19H,20H2,1-4H3,(H,31,33). The summed E-state index contributed by atoms with van der Waals surface area (Å²) in [7, 11) is 1.36. The van der Waals surface area contributed by atoms with Gasteiger partial charge in [0.2, 0.25) is 5.91 Å². The Bertz CT molecular complexity index is 1610. The number of amides is 1. The van der Waals surface area contributed by atoms with Gasteiger partial charge in [0.25, 0.3) is 10.0 Å². The van der Waals surface area contributed by atoms with Crippen molar-refractivity contribution >= 4 is 27.3 Å². The predicted molar refractivity (Wildman–Crippen MR) is 155 cm³/mol. The Morgan fingerprint density at radius 2 is 1.34 bits per heavy atom. The van der Waals surface area contributed by atoms with Crippen LogP contribution in [-0.4, -0.2) is 49.3 Å². The lowest BCUT2D eigenvalue weighted by Gasteiger charge is -2.26. The molecule has 0 aliphatic heterocycles. The zero-order valence-electron chi connectivity index (χ0n) is 23.0. The Morgan fingerprint density at radius 3 is 2.02 bits per heavy atom. The number of hydrogen-bond donors (Lipinski definition) is 1. The van der Waals surface area contributed by atoms with E-state index in [-0.39, 0.29) is 22.1 Å². The van der Waals surface area contributed by atoms with Crippen molar-refractivity contribution in [3.8, 4) is 34.5 Å². The van der Waals surface area contributed by atoms with Crippen LogP contribution in [0.15, 0.2) is 95.9 Å². The van der Waals surface area contributed by atoms with E-state index in [1.165, 1.54) is 52.7 Å². The molecule has 11 heteroatoms. The lowest BCUT2D eigenvalue weighted by Crippen LogP contribution is -2.38. The largest absolute Gasteiger partial charge is 0.497 e. The lowest BCUT2D eigenvalue weighted by molar-refractivity contribution is -0.114. The summed E-state index contributed by atoms with van der Waals surface area (Å²) in [6.07, 6.45) is 0. The minimum absolute atomic E-state index is 0.102. The van der Waals surface area contributed by atoms with Crippen LogP contribution < -0.4 is 33.3 Å². The highest BCUT2D eigenvalue weighted by molar-refractivity contribution is 7.92. The first-order valence-electron chi connectivity index (χ1n) is 12.4. The number of carbonyl (C=O) groups excluding carboxylic acids is 1. The fourth-order valence-corrected chi connectivity index (χ4v) is 5.43. The van der Waals surface area contributed by atoms with E-state index in [9.17, 15) is 13.2 Å². The number of para-hydroxylation sites is 3. The fraction of sp³-hybridized carbons (Fsp3) is 0.167. The first kappa shape index (κ1) is 29.1. The topological polar surface area (TPSA) is 113 Å². The first-order chi connectivity index (χ1) is 19.8. The summed E-state index contributed by atoms with van der Waals surface area (Å²) < 4.78 is 56.4. The second-order valence-electron chi connectivity index (χ2n) is 8.53. The average Bonchev–Trinajstić information content (AvgIpc) is 3.00. The summed E-state index contributed by atoms with van der Waals surface area (Å²) in [6, 6.07) is 24.8. The summed E-state index contributed by atoms with van der Waals surface area (Å²) in [6.45, 7) is -0.597.